The Hall–Kier alpha value is -3.40. The summed E-state index contributed by atoms with van der Waals surface area (Å²) in [5, 5.41) is 38.4. The number of hydrogen-bond acceptors (Lipinski definition) is 11. The van der Waals surface area contributed by atoms with Gasteiger partial charge in [0, 0.05) is 18.6 Å². The highest BCUT2D eigenvalue weighted by molar-refractivity contribution is 8.01. The number of carboxylic acid groups (broad SMARTS) is 2. The fraction of sp³-hybridized carbons (Fsp3) is 0.333. The normalized spacial score (nSPS) is 20.8. The molecule has 2 aliphatic heterocycles. The van der Waals surface area contributed by atoms with Crippen LogP contribution in [-0.2, 0) is 23.9 Å². The van der Waals surface area contributed by atoms with Crippen LogP contribution in [0, 0.1) is 0 Å². The number of aliphatic carboxylic acids is 2. The number of carbonyl (C=O) groups excluding carboxylic acids is 2. The number of aromatic nitrogens is 2. The summed E-state index contributed by atoms with van der Waals surface area (Å²) in [6.07, 6.45) is -2.90. The standard InChI is InChI=1S/C21H20N4O9S2/c1-33-14(20(31)32)16-23-24-21(34-16)36-8-10-7-35-18-11(17(28)25(18)12(10)19(29)30)22-15(27)13(26)9-5-3-2-4-6-9/h2-6,11,13-14,18,26H,7-8H2,1H3,(H,22,27)(H,29,30)(H,31,32)/t11?,13?,14?,18-/m0/s1. The van der Waals surface area contributed by atoms with Gasteiger partial charge in [0.15, 0.2) is 6.10 Å². The van der Waals surface area contributed by atoms with Gasteiger partial charge in [0.05, 0.1) is 0 Å². The minimum Gasteiger partial charge on any atom is -0.479 e. The lowest BCUT2D eigenvalue weighted by molar-refractivity contribution is -0.151. The van der Waals surface area contributed by atoms with Crippen LogP contribution >= 0.6 is 23.5 Å². The summed E-state index contributed by atoms with van der Waals surface area (Å²) < 4.78 is 10.1. The lowest BCUT2D eigenvalue weighted by Crippen LogP contribution is -2.70. The number of ether oxygens (including phenoxy) is 1. The molecule has 1 fully saturated rings. The number of nitrogens with zero attached hydrogens (tertiary/aromatic N) is 3. The molecule has 3 heterocycles. The molecule has 15 heteroatoms. The predicted octanol–water partition coefficient (Wildman–Crippen LogP) is 0.406. The third kappa shape index (κ3) is 4.95. The van der Waals surface area contributed by atoms with E-state index in [-0.39, 0.29) is 28.3 Å². The van der Waals surface area contributed by atoms with Gasteiger partial charge in [-0.25, -0.2) is 9.59 Å². The predicted molar refractivity (Wildman–Crippen MR) is 123 cm³/mol. The van der Waals surface area contributed by atoms with E-state index in [9.17, 15) is 29.4 Å². The maximum atomic E-state index is 12.8. The summed E-state index contributed by atoms with van der Waals surface area (Å²) in [7, 11) is 1.18. The SMILES string of the molecule is COC(C(=O)O)c1nnc(SCC2=C(C(=O)O)N3C(=O)C(NC(=O)C(O)c4ccccc4)[C@@H]3SC2)o1. The van der Waals surface area contributed by atoms with Crippen LogP contribution in [0.5, 0.6) is 0 Å². The summed E-state index contributed by atoms with van der Waals surface area (Å²) in [6, 6.07) is 7.24. The molecule has 0 radical (unpaired) electrons. The summed E-state index contributed by atoms with van der Waals surface area (Å²) in [6.45, 7) is 0. The van der Waals surface area contributed by atoms with Crippen molar-refractivity contribution in [3.05, 3.63) is 53.1 Å². The van der Waals surface area contributed by atoms with Crippen molar-refractivity contribution >= 4 is 47.3 Å². The Kier molecular flexibility index (Phi) is 7.63. The van der Waals surface area contributed by atoms with E-state index in [1.807, 2.05) is 0 Å². The van der Waals surface area contributed by atoms with Crippen LogP contribution in [0.3, 0.4) is 0 Å². The van der Waals surface area contributed by atoms with Crippen LogP contribution in [0.1, 0.15) is 23.7 Å². The van der Waals surface area contributed by atoms with E-state index in [2.05, 4.69) is 15.5 Å². The Morgan fingerprint density at radius 2 is 2.00 bits per heavy atom. The van der Waals surface area contributed by atoms with Gasteiger partial charge in [-0.3, -0.25) is 14.5 Å². The molecule has 2 aliphatic rings. The second-order valence-electron chi connectivity index (χ2n) is 7.62. The lowest BCUT2D eigenvalue weighted by Gasteiger charge is -2.49. The molecule has 13 nitrogen and oxygen atoms in total. The minimum absolute atomic E-state index is 0.00707. The van der Waals surface area contributed by atoms with E-state index in [0.29, 0.717) is 11.1 Å². The molecular formula is C21H20N4O9S2. The van der Waals surface area contributed by atoms with Crippen LogP contribution in [-0.4, -0.2) is 84.2 Å². The number of aliphatic hydroxyl groups is 1. The zero-order valence-electron chi connectivity index (χ0n) is 18.6. The summed E-state index contributed by atoms with van der Waals surface area (Å²) in [5.41, 5.74) is 0.576. The maximum absolute atomic E-state index is 12.8. The Bertz CT molecular complexity index is 1220. The van der Waals surface area contributed by atoms with E-state index in [0.717, 1.165) is 16.7 Å². The molecule has 4 N–H and O–H groups in total. The van der Waals surface area contributed by atoms with Gasteiger partial charge in [-0.2, -0.15) is 0 Å². The molecule has 2 aromatic rings. The molecule has 0 spiro atoms. The molecule has 1 aromatic carbocycles. The van der Waals surface area contributed by atoms with Gasteiger partial charge in [-0.1, -0.05) is 42.1 Å². The van der Waals surface area contributed by atoms with Crippen molar-refractivity contribution in [2.75, 3.05) is 18.6 Å². The van der Waals surface area contributed by atoms with E-state index in [4.69, 9.17) is 14.3 Å². The zero-order valence-corrected chi connectivity index (χ0v) is 20.2. The van der Waals surface area contributed by atoms with Crippen molar-refractivity contribution in [3.63, 3.8) is 0 Å². The molecular weight excluding hydrogens is 516 g/mol. The van der Waals surface area contributed by atoms with Crippen molar-refractivity contribution in [3.8, 4) is 0 Å². The number of β-lactam (4-membered cyclic amide) rings is 1. The van der Waals surface area contributed by atoms with Crippen LogP contribution in [0.2, 0.25) is 0 Å². The van der Waals surface area contributed by atoms with Crippen LogP contribution in [0.4, 0.5) is 0 Å². The molecule has 1 aromatic heterocycles. The molecule has 4 rings (SSSR count). The van der Waals surface area contributed by atoms with Crippen LogP contribution in [0.15, 0.2) is 51.2 Å². The number of carbonyl (C=O) groups is 4. The van der Waals surface area contributed by atoms with Crippen molar-refractivity contribution in [1.29, 1.82) is 0 Å². The number of hydrogen-bond donors (Lipinski definition) is 4. The van der Waals surface area contributed by atoms with E-state index >= 15 is 0 Å². The van der Waals surface area contributed by atoms with Gasteiger partial charge in [0.25, 0.3) is 22.9 Å². The van der Waals surface area contributed by atoms with Gasteiger partial charge >= 0.3 is 11.9 Å². The van der Waals surface area contributed by atoms with Crippen LogP contribution in [0.25, 0.3) is 0 Å². The lowest BCUT2D eigenvalue weighted by atomic mass is 10.0. The van der Waals surface area contributed by atoms with E-state index in [1.165, 1.54) is 18.9 Å². The van der Waals surface area contributed by atoms with Gasteiger partial charge in [0.1, 0.15) is 17.1 Å². The number of methoxy groups -OCH3 is 1. The van der Waals surface area contributed by atoms with Gasteiger partial charge in [-0.15, -0.1) is 22.0 Å². The summed E-state index contributed by atoms with van der Waals surface area (Å²) in [4.78, 5) is 49.6. The molecule has 1 saturated heterocycles. The molecule has 36 heavy (non-hydrogen) atoms. The third-order valence-corrected chi connectivity index (χ3v) is 7.63. The van der Waals surface area contributed by atoms with Crippen molar-refractivity contribution in [2.24, 2.45) is 0 Å². The molecule has 3 unspecified atom stereocenters. The molecule has 4 atom stereocenters. The average Bonchev–Trinajstić information content (AvgIpc) is 3.33. The highest BCUT2D eigenvalue weighted by Crippen LogP contribution is 2.41. The quantitative estimate of drug-likeness (QED) is 0.241. The van der Waals surface area contributed by atoms with Gasteiger partial charge < -0.3 is 29.8 Å². The molecule has 0 saturated carbocycles. The molecule has 190 valence electrons. The minimum atomic E-state index is -1.47. The number of fused-ring (bicyclic) bond motifs is 1. The number of thioether (sulfide) groups is 2. The fourth-order valence-corrected chi connectivity index (χ4v) is 5.91. The smallest absolute Gasteiger partial charge is 0.352 e. The van der Waals surface area contributed by atoms with Crippen LogP contribution < -0.4 is 5.32 Å². The Labute approximate surface area is 211 Å². The third-order valence-electron chi connectivity index (χ3n) is 5.39. The molecule has 0 bridgehead atoms. The Morgan fingerprint density at radius 1 is 1.28 bits per heavy atom. The number of nitrogens with one attached hydrogen (secondary N) is 1. The Balaban J connectivity index is 1.43. The topological polar surface area (TPSA) is 192 Å². The zero-order chi connectivity index (χ0) is 26.0. The fourth-order valence-electron chi connectivity index (χ4n) is 3.65. The Morgan fingerprint density at radius 3 is 2.64 bits per heavy atom. The first-order chi connectivity index (χ1) is 17.2. The van der Waals surface area contributed by atoms with E-state index in [1.54, 1.807) is 30.3 Å². The first kappa shape index (κ1) is 25.7. The monoisotopic (exact) mass is 536 g/mol. The van der Waals surface area contributed by atoms with E-state index < -0.39 is 47.4 Å². The number of amides is 2. The van der Waals surface area contributed by atoms with Crippen molar-refractivity contribution in [2.45, 2.75) is 28.8 Å². The number of benzene rings is 1. The summed E-state index contributed by atoms with van der Waals surface area (Å²) in [5.74, 6) is -3.91. The second kappa shape index (κ2) is 10.7. The van der Waals surface area contributed by atoms with Gasteiger partial charge in [-0.05, 0) is 11.1 Å². The first-order valence-corrected chi connectivity index (χ1v) is 12.4. The highest BCUT2D eigenvalue weighted by atomic mass is 32.2. The average molecular weight is 537 g/mol. The van der Waals surface area contributed by atoms with Gasteiger partial charge in [0.2, 0.25) is 6.10 Å². The highest BCUT2D eigenvalue weighted by Gasteiger charge is 2.54. The van der Waals surface area contributed by atoms with Crippen molar-refractivity contribution in [1.82, 2.24) is 20.4 Å². The molecule has 2 amide bonds. The second-order valence-corrected chi connectivity index (χ2v) is 9.65. The molecule has 0 aliphatic carbocycles. The number of rotatable bonds is 10. The first-order valence-electron chi connectivity index (χ1n) is 10.4. The van der Waals surface area contributed by atoms with Crippen molar-refractivity contribution < 1.29 is 43.7 Å². The number of aliphatic hydroxyl groups excluding tert-OH is 1. The maximum Gasteiger partial charge on any atom is 0.352 e. The largest absolute Gasteiger partial charge is 0.479 e. The number of carboxylic acids is 2. The summed E-state index contributed by atoms with van der Waals surface area (Å²) >= 11 is 2.25.